The van der Waals surface area contributed by atoms with Crippen LogP contribution in [0.25, 0.3) is 6.08 Å². The zero-order chi connectivity index (χ0) is 17.0. The van der Waals surface area contributed by atoms with Gasteiger partial charge >= 0.3 is 6.18 Å². The monoisotopic (exact) mass is 346 g/mol. The fourth-order valence-electron chi connectivity index (χ4n) is 2.62. The summed E-state index contributed by atoms with van der Waals surface area (Å²) in [6.45, 7) is 2.18. The molecule has 0 radical (unpaired) electrons. The van der Waals surface area contributed by atoms with E-state index in [1.165, 1.54) is 24.3 Å². The Kier molecular flexibility index (Phi) is 5.70. The minimum absolute atomic E-state index is 0.188. The number of halogens is 4. The number of hydrogen-bond donors (Lipinski definition) is 1. The van der Waals surface area contributed by atoms with Gasteiger partial charge in [0.15, 0.2) is 0 Å². The third kappa shape index (κ3) is 4.72. The molecule has 1 amide bonds. The van der Waals surface area contributed by atoms with Crippen LogP contribution in [0.3, 0.4) is 0 Å². The Labute approximate surface area is 138 Å². The minimum atomic E-state index is -4.51. The summed E-state index contributed by atoms with van der Waals surface area (Å²) in [6, 6.07) is 3.59. The van der Waals surface area contributed by atoms with Crippen molar-refractivity contribution in [3.05, 3.63) is 40.4 Å². The SMILES string of the molecule is CNCC1CCN(C(=O)C=Cc2ccc(Cl)c(C(F)(F)F)c2)C1. The molecule has 7 heteroatoms. The predicted molar refractivity (Wildman–Crippen MR) is 84.1 cm³/mol. The van der Waals surface area contributed by atoms with Gasteiger partial charge in [-0.05, 0) is 49.7 Å². The second-order valence-corrected chi connectivity index (χ2v) is 5.97. The lowest BCUT2D eigenvalue weighted by atomic mass is 10.1. The number of rotatable bonds is 4. The van der Waals surface area contributed by atoms with Crippen LogP contribution in [-0.4, -0.2) is 37.5 Å². The molecule has 1 heterocycles. The van der Waals surface area contributed by atoms with Gasteiger partial charge in [0, 0.05) is 19.2 Å². The summed E-state index contributed by atoms with van der Waals surface area (Å²) < 4.78 is 38.4. The Morgan fingerprint density at radius 1 is 1.48 bits per heavy atom. The molecule has 1 unspecified atom stereocenters. The summed E-state index contributed by atoms with van der Waals surface area (Å²) >= 11 is 5.57. The van der Waals surface area contributed by atoms with E-state index in [9.17, 15) is 18.0 Å². The van der Waals surface area contributed by atoms with E-state index in [-0.39, 0.29) is 10.9 Å². The van der Waals surface area contributed by atoms with Crippen LogP contribution in [0, 0.1) is 5.92 Å². The first-order valence-corrected chi connectivity index (χ1v) is 7.67. The van der Waals surface area contributed by atoms with Crippen LogP contribution < -0.4 is 5.32 Å². The maximum absolute atomic E-state index is 12.8. The molecule has 2 rings (SSSR count). The molecule has 23 heavy (non-hydrogen) atoms. The topological polar surface area (TPSA) is 32.3 Å². The Bertz CT molecular complexity index is 601. The van der Waals surface area contributed by atoms with Gasteiger partial charge in [-0.3, -0.25) is 4.79 Å². The Morgan fingerprint density at radius 2 is 2.22 bits per heavy atom. The average Bonchev–Trinajstić information content (AvgIpc) is 2.94. The van der Waals surface area contributed by atoms with Crippen molar-refractivity contribution in [2.45, 2.75) is 12.6 Å². The number of carbonyl (C=O) groups excluding carboxylic acids is 1. The van der Waals surface area contributed by atoms with Gasteiger partial charge in [-0.15, -0.1) is 0 Å². The van der Waals surface area contributed by atoms with Gasteiger partial charge < -0.3 is 10.2 Å². The number of nitrogens with one attached hydrogen (secondary N) is 1. The van der Waals surface area contributed by atoms with Gasteiger partial charge in [0.25, 0.3) is 0 Å². The summed E-state index contributed by atoms with van der Waals surface area (Å²) in [5.41, 5.74) is -0.606. The second kappa shape index (κ2) is 7.36. The quantitative estimate of drug-likeness (QED) is 0.847. The molecular formula is C16H18ClF3N2O. The van der Waals surface area contributed by atoms with Crippen molar-refractivity contribution in [3.63, 3.8) is 0 Å². The lowest BCUT2D eigenvalue weighted by Crippen LogP contribution is -2.28. The number of carbonyl (C=O) groups is 1. The minimum Gasteiger partial charge on any atom is -0.339 e. The molecule has 1 aromatic rings. The molecule has 1 N–H and O–H groups in total. The molecule has 1 aromatic carbocycles. The highest BCUT2D eigenvalue weighted by Crippen LogP contribution is 2.35. The van der Waals surface area contributed by atoms with Crippen molar-refractivity contribution >= 4 is 23.6 Å². The number of amides is 1. The van der Waals surface area contributed by atoms with Crippen LogP contribution >= 0.6 is 11.6 Å². The first kappa shape index (κ1) is 17.8. The van der Waals surface area contributed by atoms with E-state index in [1.54, 1.807) is 4.90 Å². The molecule has 1 saturated heterocycles. The molecule has 0 aliphatic carbocycles. The number of nitrogens with zero attached hydrogens (tertiary/aromatic N) is 1. The summed E-state index contributed by atoms with van der Waals surface area (Å²) in [7, 11) is 1.86. The molecule has 0 bridgehead atoms. The second-order valence-electron chi connectivity index (χ2n) is 5.57. The maximum Gasteiger partial charge on any atom is 0.417 e. The smallest absolute Gasteiger partial charge is 0.339 e. The fourth-order valence-corrected chi connectivity index (χ4v) is 2.85. The van der Waals surface area contributed by atoms with E-state index in [2.05, 4.69) is 5.32 Å². The molecule has 126 valence electrons. The van der Waals surface area contributed by atoms with E-state index in [4.69, 9.17) is 11.6 Å². The first-order chi connectivity index (χ1) is 10.8. The van der Waals surface area contributed by atoms with Crippen LogP contribution in [0.2, 0.25) is 5.02 Å². The lowest BCUT2D eigenvalue weighted by Gasteiger charge is -2.14. The molecule has 3 nitrogen and oxygen atoms in total. The molecule has 0 aromatic heterocycles. The van der Waals surface area contributed by atoms with Gasteiger partial charge in [0.2, 0.25) is 5.91 Å². The van der Waals surface area contributed by atoms with Crippen molar-refractivity contribution in [1.82, 2.24) is 10.2 Å². The summed E-state index contributed by atoms with van der Waals surface area (Å²) in [5, 5.41) is 2.73. The summed E-state index contributed by atoms with van der Waals surface area (Å²) in [6.07, 6.45) is -0.885. The van der Waals surface area contributed by atoms with Crippen LogP contribution in [0.5, 0.6) is 0 Å². The van der Waals surface area contributed by atoms with Crippen molar-refractivity contribution in [1.29, 1.82) is 0 Å². The lowest BCUT2D eigenvalue weighted by molar-refractivity contribution is -0.137. The average molecular weight is 347 g/mol. The predicted octanol–water partition coefficient (Wildman–Crippen LogP) is 3.44. The Hall–Kier alpha value is -1.53. The van der Waals surface area contributed by atoms with Crippen LogP contribution in [0.1, 0.15) is 17.5 Å². The highest BCUT2D eigenvalue weighted by atomic mass is 35.5. The van der Waals surface area contributed by atoms with Gasteiger partial charge in [-0.2, -0.15) is 13.2 Å². The number of likely N-dealkylation sites (tertiary alicyclic amines) is 1. The van der Waals surface area contributed by atoms with Gasteiger partial charge in [-0.1, -0.05) is 17.7 Å². The third-order valence-corrected chi connectivity index (χ3v) is 4.13. The van der Waals surface area contributed by atoms with Crippen molar-refractivity contribution in [2.75, 3.05) is 26.7 Å². The van der Waals surface area contributed by atoms with E-state index < -0.39 is 11.7 Å². The largest absolute Gasteiger partial charge is 0.417 e. The molecule has 1 atom stereocenters. The van der Waals surface area contributed by atoms with Crippen LogP contribution in [0.15, 0.2) is 24.3 Å². The van der Waals surface area contributed by atoms with Crippen molar-refractivity contribution in [3.8, 4) is 0 Å². The van der Waals surface area contributed by atoms with E-state index in [0.717, 1.165) is 19.0 Å². The normalized spacial score (nSPS) is 18.8. The number of hydrogen-bond acceptors (Lipinski definition) is 2. The molecule has 1 fully saturated rings. The first-order valence-electron chi connectivity index (χ1n) is 7.29. The van der Waals surface area contributed by atoms with Crippen LogP contribution in [0.4, 0.5) is 13.2 Å². The molecule has 0 saturated carbocycles. The zero-order valence-corrected chi connectivity index (χ0v) is 13.4. The summed E-state index contributed by atoms with van der Waals surface area (Å²) in [4.78, 5) is 13.8. The molecule has 1 aliphatic rings. The standard InChI is InChI=1S/C16H18ClF3N2O/c1-21-9-12-6-7-22(10-12)15(23)5-3-11-2-4-14(17)13(8-11)16(18,19)20/h2-5,8,12,21H,6-7,9-10H2,1H3. The highest BCUT2D eigenvalue weighted by molar-refractivity contribution is 6.31. The third-order valence-electron chi connectivity index (χ3n) is 3.80. The Balaban J connectivity index is 2.04. The number of alkyl halides is 3. The number of benzene rings is 1. The highest BCUT2D eigenvalue weighted by Gasteiger charge is 2.33. The van der Waals surface area contributed by atoms with Gasteiger partial charge in [0.05, 0.1) is 10.6 Å². The van der Waals surface area contributed by atoms with E-state index >= 15 is 0 Å². The van der Waals surface area contributed by atoms with E-state index in [1.807, 2.05) is 7.05 Å². The van der Waals surface area contributed by atoms with Gasteiger partial charge in [-0.25, -0.2) is 0 Å². The van der Waals surface area contributed by atoms with Crippen molar-refractivity contribution in [2.24, 2.45) is 5.92 Å². The zero-order valence-electron chi connectivity index (χ0n) is 12.7. The molecule has 1 aliphatic heterocycles. The molecule has 0 spiro atoms. The fraction of sp³-hybridized carbons (Fsp3) is 0.438. The maximum atomic E-state index is 12.8. The van der Waals surface area contributed by atoms with Crippen LogP contribution in [-0.2, 0) is 11.0 Å². The van der Waals surface area contributed by atoms with Gasteiger partial charge in [0.1, 0.15) is 0 Å². The van der Waals surface area contributed by atoms with E-state index in [0.29, 0.717) is 24.6 Å². The summed E-state index contributed by atoms with van der Waals surface area (Å²) in [5.74, 6) is 0.233. The molecular weight excluding hydrogens is 329 g/mol. The Morgan fingerprint density at radius 3 is 2.87 bits per heavy atom. The van der Waals surface area contributed by atoms with Crippen molar-refractivity contribution < 1.29 is 18.0 Å².